The molecule has 23 heavy (non-hydrogen) atoms. The number of rotatable bonds is 1. The zero-order valence-electron chi connectivity index (χ0n) is 12.6. The fourth-order valence-electron chi connectivity index (χ4n) is 3.17. The Kier molecular flexibility index (Phi) is 3.59. The van der Waals surface area contributed by atoms with Crippen molar-refractivity contribution in [2.45, 2.75) is 19.8 Å². The average molecular weight is 341 g/mol. The molecule has 0 spiro atoms. The van der Waals surface area contributed by atoms with Crippen LogP contribution in [-0.4, -0.2) is 9.97 Å². The van der Waals surface area contributed by atoms with Gasteiger partial charge < -0.3 is 0 Å². The summed E-state index contributed by atoms with van der Waals surface area (Å²) in [6.45, 7) is 1.93. The number of aryl methyl sites for hydroxylation is 2. The summed E-state index contributed by atoms with van der Waals surface area (Å²) in [5.41, 5.74) is 6.73. The van der Waals surface area contributed by atoms with Gasteiger partial charge in [-0.3, -0.25) is 0 Å². The van der Waals surface area contributed by atoms with Crippen LogP contribution in [0, 0.1) is 6.92 Å². The van der Waals surface area contributed by atoms with E-state index >= 15 is 0 Å². The molecule has 0 radical (unpaired) electrons. The fraction of sp³-hybridized carbons (Fsp3) is 0.158. The monoisotopic (exact) mass is 340 g/mol. The predicted molar refractivity (Wildman–Crippen MR) is 95.1 cm³/mol. The van der Waals surface area contributed by atoms with Gasteiger partial charge in [0.15, 0.2) is 0 Å². The average Bonchev–Trinajstić information content (AvgIpc) is 2.56. The van der Waals surface area contributed by atoms with E-state index in [2.05, 4.69) is 29.2 Å². The molecule has 0 aliphatic heterocycles. The second kappa shape index (κ2) is 5.63. The minimum absolute atomic E-state index is 0.547. The molecule has 2 aromatic carbocycles. The Balaban J connectivity index is 1.97. The van der Waals surface area contributed by atoms with E-state index in [9.17, 15) is 0 Å². The molecule has 1 aliphatic rings. The first-order valence-corrected chi connectivity index (χ1v) is 8.30. The first-order valence-electron chi connectivity index (χ1n) is 7.54. The van der Waals surface area contributed by atoms with E-state index < -0.39 is 0 Å². The number of nitrogens with zero attached hydrogens (tertiary/aromatic N) is 2. The summed E-state index contributed by atoms with van der Waals surface area (Å²) >= 11 is 12.2. The van der Waals surface area contributed by atoms with E-state index in [1.165, 1.54) is 16.7 Å². The molecule has 1 aromatic heterocycles. The van der Waals surface area contributed by atoms with Gasteiger partial charge in [0.25, 0.3) is 0 Å². The van der Waals surface area contributed by atoms with E-state index in [0.29, 0.717) is 10.0 Å². The Morgan fingerprint density at radius 2 is 1.65 bits per heavy atom. The van der Waals surface area contributed by atoms with Crippen LogP contribution in [0.5, 0.6) is 0 Å². The van der Waals surface area contributed by atoms with Gasteiger partial charge in [0.05, 0.1) is 21.4 Å². The summed E-state index contributed by atoms with van der Waals surface area (Å²) in [5, 5.41) is 1.10. The van der Waals surface area contributed by atoms with Crippen molar-refractivity contribution in [1.82, 2.24) is 9.97 Å². The highest BCUT2D eigenvalue weighted by atomic mass is 35.5. The molecule has 114 valence electrons. The van der Waals surface area contributed by atoms with Crippen molar-refractivity contribution in [3.8, 4) is 22.5 Å². The van der Waals surface area contributed by atoms with Gasteiger partial charge in [0.2, 0.25) is 0 Å². The van der Waals surface area contributed by atoms with Crippen LogP contribution in [0.1, 0.15) is 17.0 Å². The molecular formula is C19H14Cl2N2. The number of hydrogen-bond donors (Lipinski definition) is 0. The summed E-state index contributed by atoms with van der Waals surface area (Å²) in [7, 11) is 0. The molecule has 0 atom stereocenters. The molecule has 0 saturated heterocycles. The molecule has 0 N–H and O–H groups in total. The highest BCUT2D eigenvalue weighted by molar-refractivity contribution is 6.42. The summed E-state index contributed by atoms with van der Waals surface area (Å²) < 4.78 is 0. The van der Waals surface area contributed by atoms with Gasteiger partial charge in [-0.25, -0.2) is 9.97 Å². The highest BCUT2D eigenvalue weighted by Crippen LogP contribution is 2.37. The smallest absolute Gasteiger partial charge is 0.126 e. The SMILES string of the molecule is Cc1nc(-c2ccc(Cl)c(Cl)c2)c2c(n1)-c1ccccc1CC2. The predicted octanol–water partition coefficient (Wildman–Crippen LogP) is 5.52. The van der Waals surface area contributed by atoms with E-state index in [-0.39, 0.29) is 0 Å². The molecule has 2 nitrogen and oxygen atoms in total. The minimum Gasteiger partial charge on any atom is -0.233 e. The largest absolute Gasteiger partial charge is 0.233 e. The molecule has 0 bridgehead atoms. The maximum atomic E-state index is 6.19. The minimum atomic E-state index is 0.547. The zero-order chi connectivity index (χ0) is 16.0. The maximum absolute atomic E-state index is 6.19. The first kappa shape index (κ1) is 14.7. The van der Waals surface area contributed by atoms with Gasteiger partial charge in [-0.2, -0.15) is 0 Å². The van der Waals surface area contributed by atoms with Crippen molar-refractivity contribution in [2.75, 3.05) is 0 Å². The Hall–Kier alpha value is -1.90. The van der Waals surface area contributed by atoms with Crippen LogP contribution in [0.3, 0.4) is 0 Å². The molecule has 4 rings (SSSR count). The standard InChI is InChI=1S/C19H14Cl2N2/c1-11-22-18(13-7-9-16(20)17(21)10-13)15-8-6-12-4-2-3-5-14(12)19(15)23-11/h2-5,7,9-10H,6,8H2,1H3. The number of aromatic nitrogens is 2. The second-order valence-corrected chi connectivity index (χ2v) is 6.55. The lowest BCUT2D eigenvalue weighted by Crippen LogP contribution is -2.10. The molecule has 1 heterocycles. The van der Waals surface area contributed by atoms with Crippen molar-refractivity contribution < 1.29 is 0 Å². The third-order valence-corrected chi connectivity index (χ3v) is 4.97. The van der Waals surface area contributed by atoms with Crippen LogP contribution < -0.4 is 0 Å². The van der Waals surface area contributed by atoms with Gasteiger partial charge in [-0.05, 0) is 37.5 Å². The van der Waals surface area contributed by atoms with Crippen LogP contribution in [-0.2, 0) is 12.8 Å². The Bertz CT molecular complexity index is 919. The first-order chi connectivity index (χ1) is 11.1. The topological polar surface area (TPSA) is 25.8 Å². The third kappa shape index (κ3) is 2.52. The van der Waals surface area contributed by atoms with E-state index in [1.54, 1.807) is 0 Å². The lowest BCUT2D eigenvalue weighted by Gasteiger charge is -2.21. The summed E-state index contributed by atoms with van der Waals surface area (Å²) in [5.74, 6) is 0.765. The van der Waals surface area contributed by atoms with Crippen molar-refractivity contribution in [3.05, 3.63) is 69.5 Å². The molecule has 0 unspecified atom stereocenters. The fourth-order valence-corrected chi connectivity index (χ4v) is 3.46. The number of halogens is 2. The van der Waals surface area contributed by atoms with Crippen LogP contribution >= 0.6 is 23.2 Å². The highest BCUT2D eigenvalue weighted by Gasteiger charge is 2.22. The lowest BCUT2D eigenvalue weighted by molar-refractivity contribution is 0.900. The van der Waals surface area contributed by atoms with Crippen LogP contribution in [0.4, 0.5) is 0 Å². The molecule has 4 heteroatoms. The second-order valence-electron chi connectivity index (χ2n) is 5.73. The van der Waals surface area contributed by atoms with Crippen molar-refractivity contribution in [2.24, 2.45) is 0 Å². The molecule has 0 amide bonds. The van der Waals surface area contributed by atoms with Crippen molar-refractivity contribution in [3.63, 3.8) is 0 Å². The van der Waals surface area contributed by atoms with Gasteiger partial charge in [0.1, 0.15) is 5.82 Å². The van der Waals surface area contributed by atoms with Gasteiger partial charge in [-0.1, -0.05) is 53.5 Å². The van der Waals surface area contributed by atoms with Gasteiger partial charge in [-0.15, -0.1) is 0 Å². The Morgan fingerprint density at radius 1 is 0.870 bits per heavy atom. The molecule has 1 aliphatic carbocycles. The maximum Gasteiger partial charge on any atom is 0.126 e. The van der Waals surface area contributed by atoms with Gasteiger partial charge >= 0.3 is 0 Å². The molecule has 3 aromatic rings. The number of hydrogen-bond acceptors (Lipinski definition) is 2. The number of benzene rings is 2. The van der Waals surface area contributed by atoms with E-state index in [1.807, 2.05) is 25.1 Å². The number of fused-ring (bicyclic) bond motifs is 3. The Morgan fingerprint density at radius 3 is 2.48 bits per heavy atom. The van der Waals surface area contributed by atoms with Crippen LogP contribution in [0.15, 0.2) is 42.5 Å². The Labute approximate surface area is 145 Å². The zero-order valence-corrected chi connectivity index (χ0v) is 14.1. The normalized spacial score (nSPS) is 12.7. The van der Waals surface area contributed by atoms with E-state index in [0.717, 1.165) is 35.6 Å². The van der Waals surface area contributed by atoms with Crippen molar-refractivity contribution >= 4 is 23.2 Å². The summed E-state index contributed by atoms with van der Waals surface area (Å²) in [6.07, 6.45) is 1.94. The summed E-state index contributed by atoms with van der Waals surface area (Å²) in [4.78, 5) is 9.40. The van der Waals surface area contributed by atoms with Gasteiger partial charge in [0, 0.05) is 16.7 Å². The molecule has 0 fully saturated rings. The third-order valence-electron chi connectivity index (χ3n) is 4.23. The quantitative estimate of drug-likeness (QED) is 0.582. The van der Waals surface area contributed by atoms with Crippen molar-refractivity contribution in [1.29, 1.82) is 0 Å². The van der Waals surface area contributed by atoms with E-state index in [4.69, 9.17) is 28.2 Å². The molecule has 0 saturated carbocycles. The lowest BCUT2D eigenvalue weighted by atomic mass is 9.87. The summed E-state index contributed by atoms with van der Waals surface area (Å²) in [6, 6.07) is 14.1. The van der Waals surface area contributed by atoms with Crippen LogP contribution in [0.25, 0.3) is 22.5 Å². The molecular weight excluding hydrogens is 327 g/mol. The van der Waals surface area contributed by atoms with Crippen LogP contribution in [0.2, 0.25) is 10.0 Å².